The molecule has 14 heteroatoms. The maximum atomic E-state index is 13.4. The van der Waals surface area contributed by atoms with Crippen molar-refractivity contribution < 1.29 is 17.2 Å². The predicted octanol–water partition coefficient (Wildman–Crippen LogP) is 3.32. The fraction of sp³-hybridized carbons (Fsp3) is 0.571. The molecule has 1 saturated carbocycles. The minimum absolute atomic E-state index is 0.0636. The Bertz CT molecular complexity index is 1410. The van der Waals surface area contributed by atoms with Crippen molar-refractivity contribution in [3.8, 4) is 10.8 Å². The Hall–Kier alpha value is -1.93. The Balaban J connectivity index is 1.51. The Morgan fingerprint density at radius 2 is 2.06 bits per heavy atom. The first-order chi connectivity index (χ1) is 16.6. The highest BCUT2D eigenvalue weighted by molar-refractivity contribution is 7.89. The zero-order chi connectivity index (χ0) is 24.5. The van der Waals surface area contributed by atoms with Crippen LogP contribution in [0.5, 0.6) is 0 Å². The van der Waals surface area contributed by atoms with Crippen LogP contribution in [0.15, 0.2) is 17.2 Å². The number of alkyl halides is 2. The maximum Gasteiger partial charge on any atom is 0.291 e. The molecule has 0 amide bonds. The fourth-order valence-electron chi connectivity index (χ4n) is 5.01. The van der Waals surface area contributed by atoms with E-state index in [2.05, 4.69) is 30.1 Å². The molecule has 3 aromatic heterocycles. The zero-order valence-corrected chi connectivity index (χ0v) is 21.2. The first kappa shape index (κ1) is 23.5. The lowest BCUT2D eigenvalue weighted by molar-refractivity contribution is 0.150. The second kappa shape index (κ2) is 8.30. The van der Waals surface area contributed by atoms with Gasteiger partial charge in [-0.1, -0.05) is 22.9 Å². The Morgan fingerprint density at radius 3 is 2.77 bits per heavy atom. The lowest BCUT2D eigenvalue weighted by atomic mass is 9.88. The van der Waals surface area contributed by atoms with Crippen molar-refractivity contribution in [3.63, 3.8) is 0 Å². The smallest absolute Gasteiger partial charge is 0.291 e. The average Bonchev–Trinajstić information content (AvgIpc) is 3.23. The molecule has 188 valence electrons. The third-order valence-corrected chi connectivity index (χ3v) is 10.00. The van der Waals surface area contributed by atoms with Crippen molar-refractivity contribution in [2.24, 2.45) is 11.8 Å². The predicted molar refractivity (Wildman–Crippen MR) is 129 cm³/mol. The molecule has 0 aromatic carbocycles. The van der Waals surface area contributed by atoms with Gasteiger partial charge in [0.1, 0.15) is 10.4 Å². The second-order valence-corrected chi connectivity index (χ2v) is 12.9. The molecule has 2 saturated heterocycles. The van der Waals surface area contributed by atoms with Gasteiger partial charge in [0, 0.05) is 24.8 Å². The van der Waals surface area contributed by atoms with Crippen molar-refractivity contribution in [2.75, 3.05) is 31.1 Å². The first-order valence-electron chi connectivity index (χ1n) is 11.5. The molecular formula is C21H24ClF2N7O2S2. The summed E-state index contributed by atoms with van der Waals surface area (Å²) >= 11 is 7.30. The molecule has 1 aliphatic carbocycles. The summed E-state index contributed by atoms with van der Waals surface area (Å²) < 4.78 is 57.4. The quantitative estimate of drug-likeness (QED) is 0.491. The maximum absolute atomic E-state index is 13.4. The highest BCUT2D eigenvalue weighted by Crippen LogP contribution is 2.40. The van der Waals surface area contributed by atoms with Gasteiger partial charge in [-0.3, -0.25) is 4.40 Å². The van der Waals surface area contributed by atoms with Crippen LogP contribution in [-0.2, 0) is 10.0 Å². The molecule has 0 bridgehead atoms. The molecule has 0 unspecified atom stereocenters. The van der Waals surface area contributed by atoms with Crippen molar-refractivity contribution in [1.82, 2.24) is 29.6 Å². The number of piperidine rings is 1. The molecule has 3 aliphatic rings. The number of anilines is 1. The number of nitrogens with zero attached hydrogens (tertiary/aromatic N) is 5. The van der Waals surface area contributed by atoms with Gasteiger partial charge in [0.25, 0.3) is 6.43 Å². The molecule has 3 aromatic rings. The number of fused-ring (bicyclic) bond motifs is 2. The Kier molecular flexibility index (Phi) is 5.57. The Morgan fingerprint density at radius 1 is 1.29 bits per heavy atom. The van der Waals surface area contributed by atoms with E-state index < -0.39 is 27.0 Å². The summed E-state index contributed by atoms with van der Waals surface area (Å²) in [6.07, 6.45) is 1.19. The van der Waals surface area contributed by atoms with Crippen LogP contribution < -0.4 is 14.9 Å². The number of halogens is 3. The third-order valence-electron chi connectivity index (χ3n) is 7.20. The van der Waals surface area contributed by atoms with Crippen molar-refractivity contribution in [3.05, 3.63) is 22.4 Å². The number of sulfonamides is 1. The summed E-state index contributed by atoms with van der Waals surface area (Å²) in [5.74, 6) is 1.23. The number of hydrogen-bond acceptors (Lipinski definition) is 8. The van der Waals surface area contributed by atoms with Crippen LogP contribution in [-0.4, -0.2) is 59.7 Å². The SMILES string of the molecule is CC1(NS(=O)(=O)c2cc(N3CC[C@H]4CNC[C@H]4C3)c3c(Cl)nc(-c4nnc(C(F)F)s4)n3c2)CC1. The van der Waals surface area contributed by atoms with E-state index in [0.717, 1.165) is 45.4 Å². The number of rotatable bonds is 6. The van der Waals surface area contributed by atoms with Crippen molar-refractivity contribution >= 4 is 44.2 Å². The van der Waals surface area contributed by atoms with Gasteiger partial charge in [0.05, 0.1) is 5.69 Å². The third kappa shape index (κ3) is 4.20. The standard InChI is InChI=1S/C21H24ClF2N7O2S2/c1-21(3-4-21)29-35(32,33)13-6-14(30-5-2-11-7-25-8-12(11)9-30)15-16(22)26-18(31(15)10-13)20-28-27-19(34-20)17(23)24/h6,10-12,17,25,29H,2-5,7-9H2,1H3/t11-,12-/m0/s1. The number of pyridine rings is 1. The van der Waals surface area contributed by atoms with Gasteiger partial charge >= 0.3 is 0 Å². The normalized spacial score (nSPS) is 23.9. The molecule has 2 aliphatic heterocycles. The van der Waals surface area contributed by atoms with E-state index in [-0.39, 0.29) is 20.9 Å². The van der Waals surface area contributed by atoms with E-state index in [9.17, 15) is 17.2 Å². The fourth-order valence-corrected chi connectivity index (χ4v) is 7.44. The molecular weight excluding hydrogens is 520 g/mol. The lowest BCUT2D eigenvalue weighted by Gasteiger charge is -2.36. The monoisotopic (exact) mass is 543 g/mol. The molecule has 3 fully saturated rings. The summed E-state index contributed by atoms with van der Waals surface area (Å²) in [5.41, 5.74) is 0.723. The zero-order valence-electron chi connectivity index (χ0n) is 18.8. The van der Waals surface area contributed by atoms with Crippen LogP contribution in [0, 0.1) is 11.8 Å². The van der Waals surface area contributed by atoms with Crippen LogP contribution in [0.25, 0.3) is 16.3 Å². The van der Waals surface area contributed by atoms with Gasteiger partial charge in [-0.15, -0.1) is 10.2 Å². The number of nitrogens with one attached hydrogen (secondary N) is 2. The summed E-state index contributed by atoms with van der Waals surface area (Å²) in [4.78, 5) is 6.62. The number of hydrogen-bond donors (Lipinski definition) is 2. The minimum Gasteiger partial charge on any atom is -0.369 e. The summed E-state index contributed by atoms with van der Waals surface area (Å²) in [7, 11) is -3.86. The van der Waals surface area contributed by atoms with Crippen molar-refractivity contribution in [2.45, 2.75) is 43.0 Å². The highest BCUT2D eigenvalue weighted by Gasteiger charge is 2.42. The van der Waals surface area contributed by atoms with E-state index in [1.807, 2.05) is 6.92 Å². The molecule has 0 radical (unpaired) electrons. The van der Waals surface area contributed by atoms with Gasteiger partial charge in [-0.2, -0.15) is 0 Å². The molecule has 5 heterocycles. The van der Waals surface area contributed by atoms with Crippen LogP contribution >= 0.6 is 22.9 Å². The van der Waals surface area contributed by atoms with E-state index in [0.29, 0.717) is 34.4 Å². The summed E-state index contributed by atoms with van der Waals surface area (Å²) in [6, 6.07) is 1.65. The summed E-state index contributed by atoms with van der Waals surface area (Å²) in [6.45, 7) is 5.28. The average molecular weight is 544 g/mol. The lowest BCUT2D eigenvalue weighted by Crippen LogP contribution is -2.40. The topological polar surface area (TPSA) is 105 Å². The first-order valence-corrected chi connectivity index (χ1v) is 14.1. The van der Waals surface area contributed by atoms with Gasteiger partial charge in [0.2, 0.25) is 10.0 Å². The molecule has 2 N–H and O–H groups in total. The second-order valence-electron chi connectivity index (χ2n) is 9.83. The molecule has 9 nitrogen and oxygen atoms in total. The minimum atomic E-state index is -3.86. The number of imidazole rings is 1. The van der Waals surface area contributed by atoms with E-state index in [1.165, 1.54) is 6.20 Å². The molecule has 0 spiro atoms. The van der Waals surface area contributed by atoms with Gasteiger partial charge in [-0.25, -0.2) is 26.9 Å². The van der Waals surface area contributed by atoms with Gasteiger partial charge in [0.15, 0.2) is 21.0 Å². The van der Waals surface area contributed by atoms with Crippen molar-refractivity contribution in [1.29, 1.82) is 0 Å². The van der Waals surface area contributed by atoms with Gasteiger partial charge < -0.3 is 10.2 Å². The molecule has 6 rings (SSSR count). The van der Waals surface area contributed by atoms with Crippen LogP contribution in [0.1, 0.15) is 37.6 Å². The summed E-state index contributed by atoms with van der Waals surface area (Å²) in [5, 5.41) is 10.7. The molecule has 2 atom stereocenters. The Labute approximate surface area is 209 Å². The van der Waals surface area contributed by atoms with E-state index in [4.69, 9.17) is 11.6 Å². The highest BCUT2D eigenvalue weighted by atomic mass is 35.5. The van der Waals surface area contributed by atoms with Crippen LogP contribution in [0.3, 0.4) is 0 Å². The number of aromatic nitrogens is 4. The van der Waals surface area contributed by atoms with Crippen LogP contribution in [0.4, 0.5) is 14.5 Å². The van der Waals surface area contributed by atoms with E-state index >= 15 is 0 Å². The van der Waals surface area contributed by atoms with E-state index in [1.54, 1.807) is 10.5 Å². The largest absolute Gasteiger partial charge is 0.369 e. The molecule has 35 heavy (non-hydrogen) atoms. The van der Waals surface area contributed by atoms with Gasteiger partial charge in [-0.05, 0) is 57.2 Å². The van der Waals surface area contributed by atoms with Crippen LogP contribution in [0.2, 0.25) is 5.15 Å².